The van der Waals surface area contributed by atoms with E-state index in [9.17, 15) is 9.59 Å². The van der Waals surface area contributed by atoms with Crippen LogP contribution in [-0.4, -0.2) is 51.6 Å². The molecule has 1 aliphatic carbocycles. The number of carboxylic acid groups (broad SMARTS) is 1. The first-order valence-electron chi connectivity index (χ1n) is 7.29. The summed E-state index contributed by atoms with van der Waals surface area (Å²) in [7, 11) is 0. The molecule has 20 heavy (non-hydrogen) atoms. The van der Waals surface area contributed by atoms with Crippen molar-refractivity contribution in [3.8, 4) is 0 Å². The highest BCUT2D eigenvalue weighted by Gasteiger charge is 2.32. The summed E-state index contributed by atoms with van der Waals surface area (Å²) in [6, 6.07) is 0.146. The Balaban J connectivity index is 1.79. The number of hydrogen-bond acceptors (Lipinski definition) is 3. The van der Waals surface area contributed by atoms with Crippen molar-refractivity contribution in [3.05, 3.63) is 0 Å². The van der Waals surface area contributed by atoms with Gasteiger partial charge < -0.3 is 15.3 Å². The number of rotatable bonds is 2. The van der Waals surface area contributed by atoms with Gasteiger partial charge in [-0.1, -0.05) is 0 Å². The Morgan fingerprint density at radius 3 is 2.45 bits per heavy atom. The summed E-state index contributed by atoms with van der Waals surface area (Å²) in [4.78, 5) is 25.1. The van der Waals surface area contributed by atoms with Crippen molar-refractivity contribution in [3.63, 3.8) is 0 Å². The minimum absolute atomic E-state index is 0.0113. The summed E-state index contributed by atoms with van der Waals surface area (Å²) in [5, 5.41) is 12.0. The second-order valence-electron chi connectivity index (χ2n) is 6.37. The van der Waals surface area contributed by atoms with E-state index >= 15 is 0 Å². The van der Waals surface area contributed by atoms with E-state index in [0.717, 1.165) is 31.7 Å². The summed E-state index contributed by atoms with van der Waals surface area (Å²) >= 11 is 1.90. The monoisotopic (exact) mass is 300 g/mol. The van der Waals surface area contributed by atoms with Gasteiger partial charge in [0, 0.05) is 29.6 Å². The van der Waals surface area contributed by atoms with Gasteiger partial charge in [-0.25, -0.2) is 4.79 Å². The van der Waals surface area contributed by atoms with Gasteiger partial charge in [0.2, 0.25) is 0 Å². The van der Waals surface area contributed by atoms with Gasteiger partial charge >= 0.3 is 12.0 Å². The molecule has 1 heterocycles. The van der Waals surface area contributed by atoms with Crippen molar-refractivity contribution in [1.82, 2.24) is 10.2 Å². The third kappa shape index (κ3) is 4.04. The third-order valence-corrected chi connectivity index (χ3v) is 5.41. The topological polar surface area (TPSA) is 69.6 Å². The lowest BCUT2D eigenvalue weighted by Crippen LogP contribution is -2.52. The zero-order valence-electron chi connectivity index (χ0n) is 12.2. The summed E-state index contributed by atoms with van der Waals surface area (Å²) in [5.74, 6) is 0.0460. The Labute approximate surface area is 124 Å². The van der Waals surface area contributed by atoms with E-state index in [2.05, 4.69) is 19.2 Å². The molecule has 2 amide bonds. The Morgan fingerprint density at radius 1 is 1.25 bits per heavy atom. The maximum Gasteiger partial charge on any atom is 0.317 e. The van der Waals surface area contributed by atoms with Crippen LogP contribution >= 0.6 is 11.8 Å². The second kappa shape index (κ2) is 6.24. The first kappa shape index (κ1) is 15.5. The van der Waals surface area contributed by atoms with Crippen LogP contribution in [0.25, 0.3) is 0 Å². The van der Waals surface area contributed by atoms with Crippen LogP contribution in [0.4, 0.5) is 4.79 Å². The summed E-state index contributed by atoms with van der Waals surface area (Å²) in [6.07, 6.45) is 2.88. The molecule has 1 saturated heterocycles. The van der Waals surface area contributed by atoms with Gasteiger partial charge in [0.1, 0.15) is 0 Å². The van der Waals surface area contributed by atoms with Crippen molar-refractivity contribution < 1.29 is 14.7 Å². The van der Waals surface area contributed by atoms with Crippen LogP contribution in [0, 0.1) is 5.92 Å². The van der Waals surface area contributed by atoms with Gasteiger partial charge in [0.05, 0.1) is 5.92 Å². The fourth-order valence-electron chi connectivity index (χ4n) is 2.94. The Kier molecular flexibility index (Phi) is 4.83. The maximum absolute atomic E-state index is 12.3. The van der Waals surface area contributed by atoms with Gasteiger partial charge in [0.15, 0.2) is 0 Å². The predicted molar refractivity (Wildman–Crippen MR) is 80.0 cm³/mol. The zero-order chi connectivity index (χ0) is 14.8. The normalized spacial score (nSPS) is 29.8. The number of nitrogens with one attached hydrogen (secondary N) is 1. The van der Waals surface area contributed by atoms with Crippen LogP contribution in [0.15, 0.2) is 0 Å². The van der Waals surface area contributed by atoms with Crippen molar-refractivity contribution >= 4 is 23.8 Å². The Morgan fingerprint density at radius 2 is 1.90 bits per heavy atom. The molecule has 1 aliphatic heterocycles. The Bertz CT molecular complexity index is 379. The Hall–Kier alpha value is -0.910. The van der Waals surface area contributed by atoms with Crippen LogP contribution < -0.4 is 5.32 Å². The van der Waals surface area contributed by atoms with Crippen LogP contribution in [0.3, 0.4) is 0 Å². The molecule has 0 spiro atoms. The van der Waals surface area contributed by atoms with E-state index in [1.54, 1.807) is 0 Å². The molecule has 114 valence electrons. The molecular weight excluding hydrogens is 276 g/mol. The highest BCUT2D eigenvalue weighted by atomic mass is 32.2. The molecule has 2 fully saturated rings. The molecule has 5 nitrogen and oxygen atoms in total. The molecule has 0 unspecified atom stereocenters. The number of nitrogens with zero attached hydrogens (tertiary/aromatic N) is 1. The first-order chi connectivity index (χ1) is 9.37. The van der Waals surface area contributed by atoms with E-state index in [4.69, 9.17) is 5.11 Å². The van der Waals surface area contributed by atoms with Gasteiger partial charge in [0.25, 0.3) is 0 Å². The summed E-state index contributed by atoms with van der Waals surface area (Å²) < 4.78 is 0.122. The average molecular weight is 300 g/mol. The molecule has 2 rings (SSSR count). The van der Waals surface area contributed by atoms with Crippen molar-refractivity contribution in [2.45, 2.75) is 50.3 Å². The van der Waals surface area contributed by atoms with Gasteiger partial charge in [-0.2, -0.15) is 11.8 Å². The molecular formula is C14H24N2O3S. The van der Waals surface area contributed by atoms with Crippen LogP contribution in [0.5, 0.6) is 0 Å². The second-order valence-corrected chi connectivity index (χ2v) is 8.17. The maximum atomic E-state index is 12.3. The number of aliphatic carboxylic acids is 1. The van der Waals surface area contributed by atoms with Gasteiger partial charge in [-0.05, 0) is 39.5 Å². The van der Waals surface area contributed by atoms with E-state index in [-0.39, 0.29) is 22.7 Å². The quantitative estimate of drug-likeness (QED) is 0.820. The smallest absolute Gasteiger partial charge is 0.317 e. The lowest BCUT2D eigenvalue weighted by atomic mass is 9.86. The average Bonchev–Trinajstić information content (AvgIpc) is 2.38. The van der Waals surface area contributed by atoms with Crippen molar-refractivity contribution in [2.24, 2.45) is 5.92 Å². The zero-order valence-corrected chi connectivity index (χ0v) is 13.0. The molecule has 0 aromatic carbocycles. The molecule has 0 aromatic heterocycles. The van der Waals surface area contributed by atoms with Crippen LogP contribution in [0.1, 0.15) is 39.5 Å². The lowest BCUT2D eigenvalue weighted by Gasteiger charge is -2.38. The fourth-order valence-corrected chi connectivity index (χ4v) is 4.05. The van der Waals surface area contributed by atoms with E-state index < -0.39 is 5.97 Å². The molecule has 6 heteroatoms. The highest BCUT2D eigenvalue weighted by molar-refractivity contribution is 8.00. The van der Waals surface area contributed by atoms with E-state index in [0.29, 0.717) is 12.8 Å². The highest BCUT2D eigenvalue weighted by Crippen LogP contribution is 2.30. The minimum atomic E-state index is -0.704. The number of hydrogen-bond donors (Lipinski definition) is 2. The number of carbonyl (C=O) groups excluding carboxylic acids is 1. The van der Waals surface area contributed by atoms with Crippen molar-refractivity contribution in [1.29, 1.82) is 0 Å². The number of carbonyl (C=O) groups is 2. The summed E-state index contributed by atoms with van der Waals surface area (Å²) in [5.41, 5.74) is 0. The minimum Gasteiger partial charge on any atom is -0.481 e. The molecule has 0 aromatic rings. The molecule has 2 aliphatic rings. The number of carboxylic acids is 1. The summed E-state index contributed by atoms with van der Waals surface area (Å²) in [6.45, 7) is 5.89. The molecule has 0 bridgehead atoms. The van der Waals surface area contributed by atoms with Gasteiger partial charge in [-0.15, -0.1) is 0 Å². The third-order valence-electron chi connectivity index (χ3n) is 4.12. The molecule has 0 atom stereocenters. The molecule has 1 saturated carbocycles. The van der Waals surface area contributed by atoms with Gasteiger partial charge in [-0.3, -0.25) is 4.79 Å². The molecule has 2 N–H and O–H groups in total. The lowest BCUT2D eigenvalue weighted by molar-refractivity contribution is -0.142. The standard InChI is InChI=1S/C14H24N2O3S/c1-14(2)9-16(7-8-20-14)13(19)15-11-5-3-10(4-6-11)12(17)18/h10-11H,3-9H2,1-2H3,(H,15,19)(H,17,18). The fraction of sp³-hybridized carbons (Fsp3) is 0.857. The van der Waals surface area contributed by atoms with Crippen LogP contribution in [0.2, 0.25) is 0 Å². The predicted octanol–water partition coefficient (Wildman–Crippen LogP) is 2.17. The SMILES string of the molecule is CC1(C)CN(C(=O)NC2CCC(C(=O)O)CC2)CCS1. The first-order valence-corrected chi connectivity index (χ1v) is 8.28. The number of urea groups is 1. The van der Waals surface area contributed by atoms with Crippen LogP contribution in [-0.2, 0) is 4.79 Å². The van der Waals surface area contributed by atoms with E-state index in [1.165, 1.54) is 0 Å². The number of amides is 2. The van der Waals surface area contributed by atoms with E-state index in [1.807, 2.05) is 16.7 Å². The largest absolute Gasteiger partial charge is 0.481 e. The number of thioether (sulfide) groups is 1. The molecule has 0 radical (unpaired) electrons. The van der Waals surface area contributed by atoms with Crippen molar-refractivity contribution in [2.75, 3.05) is 18.8 Å².